The van der Waals surface area contributed by atoms with Crippen LogP contribution < -0.4 is 0 Å². The molecule has 1 aromatic rings. The molecule has 0 aromatic carbocycles. The van der Waals surface area contributed by atoms with Gasteiger partial charge in [0.2, 0.25) is 11.8 Å². The summed E-state index contributed by atoms with van der Waals surface area (Å²) in [6.45, 7) is 8.74. The topological polar surface area (TPSA) is 61.7 Å². The van der Waals surface area contributed by atoms with E-state index in [4.69, 9.17) is 0 Å². The second-order valence-electron chi connectivity index (χ2n) is 7.45. The second-order valence-corrected chi connectivity index (χ2v) is 7.45. The first-order valence-electron chi connectivity index (χ1n) is 9.22. The molecule has 2 saturated heterocycles. The van der Waals surface area contributed by atoms with Gasteiger partial charge in [-0.25, -0.2) is 4.98 Å². The number of aryl methyl sites for hydroxylation is 1. The van der Waals surface area contributed by atoms with E-state index in [-0.39, 0.29) is 23.8 Å². The number of hydrogen-bond donors (Lipinski definition) is 0. The summed E-state index contributed by atoms with van der Waals surface area (Å²) in [5.74, 6) is 1.14. The van der Waals surface area contributed by atoms with Crippen molar-refractivity contribution in [2.75, 3.05) is 32.7 Å². The maximum absolute atomic E-state index is 12.9. The van der Waals surface area contributed by atoms with E-state index in [1.54, 1.807) is 0 Å². The Morgan fingerprint density at radius 1 is 1.28 bits per heavy atom. The molecule has 3 heterocycles. The molecule has 2 fully saturated rings. The minimum Gasteiger partial charge on any atom is -0.341 e. The lowest BCUT2D eigenvalue weighted by molar-refractivity contribution is -0.135. The number of carbonyl (C=O) groups is 2. The Labute approximate surface area is 149 Å². The van der Waals surface area contributed by atoms with E-state index in [1.165, 1.54) is 0 Å². The summed E-state index contributed by atoms with van der Waals surface area (Å²) >= 11 is 0. The van der Waals surface area contributed by atoms with E-state index in [2.05, 4.69) is 9.88 Å². The molecule has 7 heteroatoms. The minimum absolute atomic E-state index is 0.111. The fourth-order valence-corrected chi connectivity index (χ4v) is 3.75. The smallest absolute Gasteiger partial charge is 0.228 e. The highest BCUT2D eigenvalue weighted by atomic mass is 16.2. The van der Waals surface area contributed by atoms with Gasteiger partial charge >= 0.3 is 0 Å². The average molecular weight is 347 g/mol. The van der Waals surface area contributed by atoms with Crippen molar-refractivity contribution in [3.63, 3.8) is 0 Å². The van der Waals surface area contributed by atoms with E-state index in [0.717, 1.165) is 45.0 Å². The zero-order chi connectivity index (χ0) is 18.0. The zero-order valence-electron chi connectivity index (χ0n) is 15.5. The number of aromatic nitrogens is 2. The summed E-state index contributed by atoms with van der Waals surface area (Å²) in [6, 6.07) is 0.169. The van der Waals surface area contributed by atoms with Crippen LogP contribution in [0.2, 0.25) is 0 Å². The number of hydrogen-bond acceptors (Lipinski definition) is 4. The molecule has 7 nitrogen and oxygen atoms in total. The standard InChI is InChI=1S/C18H29N5O2/c1-14(2)23-12-15(11-17(23)24)18(25)22-7-4-6-21(9-10-22)13-16-19-5-8-20(16)3/h5,8,14-15H,4,6-7,9-13H2,1-3H3/t15-/m1/s1. The van der Waals surface area contributed by atoms with Gasteiger partial charge in [-0.15, -0.1) is 0 Å². The molecule has 0 bridgehead atoms. The Hall–Kier alpha value is -1.89. The van der Waals surface area contributed by atoms with Crippen LogP contribution in [0.5, 0.6) is 0 Å². The van der Waals surface area contributed by atoms with E-state index >= 15 is 0 Å². The molecule has 2 aliphatic heterocycles. The Balaban J connectivity index is 1.55. The van der Waals surface area contributed by atoms with Crippen molar-refractivity contribution in [3.05, 3.63) is 18.2 Å². The maximum Gasteiger partial charge on any atom is 0.228 e. The predicted octanol–water partition coefficient (Wildman–Crippen LogP) is 0.711. The molecule has 0 N–H and O–H groups in total. The van der Waals surface area contributed by atoms with Crippen molar-refractivity contribution in [2.24, 2.45) is 13.0 Å². The molecule has 0 saturated carbocycles. The van der Waals surface area contributed by atoms with Gasteiger partial charge in [0, 0.05) is 64.6 Å². The van der Waals surface area contributed by atoms with Gasteiger partial charge in [-0.1, -0.05) is 0 Å². The fraction of sp³-hybridized carbons (Fsp3) is 0.722. The summed E-state index contributed by atoms with van der Waals surface area (Å²) in [6.07, 6.45) is 5.11. The molecule has 25 heavy (non-hydrogen) atoms. The van der Waals surface area contributed by atoms with Crippen molar-refractivity contribution in [3.8, 4) is 0 Å². The third-order valence-corrected chi connectivity index (χ3v) is 5.32. The van der Waals surface area contributed by atoms with Gasteiger partial charge < -0.3 is 14.4 Å². The average Bonchev–Trinajstić information content (AvgIpc) is 3.06. The summed E-state index contributed by atoms with van der Waals surface area (Å²) in [5.41, 5.74) is 0. The molecular weight excluding hydrogens is 318 g/mol. The minimum atomic E-state index is -0.170. The number of amides is 2. The summed E-state index contributed by atoms with van der Waals surface area (Å²) in [4.78, 5) is 35.5. The molecule has 1 atom stereocenters. The SMILES string of the molecule is CC(C)N1C[C@H](C(=O)N2CCCN(Cc3nccn3C)CC2)CC1=O. The van der Waals surface area contributed by atoms with Crippen molar-refractivity contribution >= 4 is 11.8 Å². The normalized spacial score (nSPS) is 22.7. The Kier molecular flexibility index (Phi) is 5.42. The Bertz CT molecular complexity index is 627. The van der Waals surface area contributed by atoms with Crippen molar-refractivity contribution in [1.82, 2.24) is 24.3 Å². The number of rotatable bonds is 4. The highest BCUT2D eigenvalue weighted by Crippen LogP contribution is 2.23. The number of imidazole rings is 1. The molecule has 3 rings (SSSR count). The van der Waals surface area contributed by atoms with Crippen molar-refractivity contribution in [2.45, 2.75) is 39.3 Å². The van der Waals surface area contributed by atoms with Crippen LogP contribution in [0, 0.1) is 5.92 Å². The monoisotopic (exact) mass is 347 g/mol. The van der Waals surface area contributed by atoms with Crippen LogP contribution in [-0.4, -0.2) is 74.8 Å². The van der Waals surface area contributed by atoms with Gasteiger partial charge in [0.05, 0.1) is 12.5 Å². The first-order valence-corrected chi connectivity index (χ1v) is 9.22. The number of nitrogens with zero attached hydrogens (tertiary/aromatic N) is 5. The van der Waals surface area contributed by atoms with Gasteiger partial charge in [0.25, 0.3) is 0 Å². The Morgan fingerprint density at radius 3 is 2.72 bits per heavy atom. The fourth-order valence-electron chi connectivity index (χ4n) is 3.75. The van der Waals surface area contributed by atoms with Gasteiger partial charge in [-0.05, 0) is 20.3 Å². The lowest BCUT2D eigenvalue weighted by Crippen LogP contribution is -2.40. The first-order chi connectivity index (χ1) is 12.0. The molecule has 138 valence electrons. The van der Waals surface area contributed by atoms with Crippen molar-refractivity contribution < 1.29 is 9.59 Å². The van der Waals surface area contributed by atoms with Gasteiger partial charge in [0.1, 0.15) is 5.82 Å². The van der Waals surface area contributed by atoms with Gasteiger partial charge in [0.15, 0.2) is 0 Å². The third kappa shape index (κ3) is 4.03. The summed E-state index contributed by atoms with van der Waals surface area (Å²) in [7, 11) is 2.01. The molecule has 0 unspecified atom stereocenters. The Morgan fingerprint density at radius 2 is 2.08 bits per heavy atom. The van der Waals surface area contributed by atoms with Crippen molar-refractivity contribution in [1.29, 1.82) is 0 Å². The van der Waals surface area contributed by atoms with Gasteiger partial charge in [-0.2, -0.15) is 0 Å². The quantitative estimate of drug-likeness (QED) is 0.805. The van der Waals surface area contributed by atoms with Crippen LogP contribution in [0.1, 0.15) is 32.5 Å². The second kappa shape index (κ2) is 7.56. The molecule has 0 spiro atoms. The van der Waals surface area contributed by atoms with E-state index in [1.807, 2.05) is 47.7 Å². The van der Waals surface area contributed by atoms with Crippen LogP contribution in [0.15, 0.2) is 12.4 Å². The lowest BCUT2D eigenvalue weighted by atomic mass is 10.1. The van der Waals surface area contributed by atoms with E-state index < -0.39 is 0 Å². The largest absolute Gasteiger partial charge is 0.341 e. The molecular formula is C18H29N5O2. The number of likely N-dealkylation sites (tertiary alicyclic amines) is 1. The molecule has 0 aliphatic carbocycles. The van der Waals surface area contributed by atoms with E-state index in [9.17, 15) is 9.59 Å². The zero-order valence-corrected chi connectivity index (χ0v) is 15.5. The number of carbonyl (C=O) groups excluding carboxylic acids is 2. The first kappa shape index (κ1) is 17.9. The molecule has 2 amide bonds. The maximum atomic E-state index is 12.9. The highest BCUT2D eigenvalue weighted by Gasteiger charge is 2.37. The lowest BCUT2D eigenvalue weighted by Gasteiger charge is -2.25. The van der Waals surface area contributed by atoms with Crippen LogP contribution in [0.25, 0.3) is 0 Å². The van der Waals surface area contributed by atoms with Crippen LogP contribution in [0.4, 0.5) is 0 Å². The van der Waals surface area contributed by atoms with E-state index in [0.29, 0.717) is 13.0 Å². The van der Waals surface area contributed by atoms with Crippen LogP contribution >= 0.6 is 0 Å². The summed E-state index contributed by atoms with van der Waals surface area (Å²) < 4.78 is 2.04. The van der Waals surface area contributed by atoms with Crippen LogP contribution in [-0.2, 0) is 23.2 Å². The van der Waals surface area contributed by atoms with Gasteiger partial charge in [-0.3, -0.25) is 14.5 Å². The molecule has 0 radical (unpaired) electrons. The predicted molar refractivity (Wildman–Crippen MR) is 94.6 cm³/mol. The molecule has 2 aliphatic rings. The van der Waals surface area contributed by atoms with Crippen LogP contribution in [0.3, 0.4) is 0 Å². The highest BCUT2D eigenvalue weighted by molar-refractivity contribution is 5.89. The third-order valence-electron chi connectivity index (χ3n) is 5.32. The summed E-state index contributed by atoms with van der Waals surface area (Å²) in [5, 5.41) is 0. The molecule has 1 aromatic heterocycles.